The van der Waals surface area contributed by atoms with Gasteiger partial charge in [0, 0.05) is 12.1 Å². The third-order valence-electron chi connectivity index (χ3n) is 2.59. The smallest absolute Gasteiger partial charge is 0.211 e. The molecule has 0 saturated carbocycles. The maximum Gasteiger partial charge on any atom is 0.211 e. The number of nitrogens with zero attached hydrogens (tertiary/aromatic N) is 1. The highest BCUT2D eigenvalue weighted by atomic mass is 32.2. The molecule has 0 aromatic rings. The molecule has 0 radical (unpaired) electrons. The lowest BCUT2D eigenvalue weighted by atomic mass is 9.85. The van der Waals surface area contributed by atoms with Gasteiger partial charge in [0.25, 0.3) is 0 Å². The molecule has 4 heteroatoms. The van der Waals surface area contributed by atoms with Crippen molar-refractivity contribution < 1.29 is 8.42 Å². The Balaban J connectivity index is 4.81. The lowest BCUT2D eigenvalue weighted by Crippen LogP contribution is -2.47. The Morgan fingerprint density at radius 2 is 1.47 bits per heavy atom. The average molecular weight is 263 g/mol. The zero-order chi connectivity index (χ0) is 14.1. The molecule has 0 bridgehead atoms. The molecule has 1 unspecified atom stereocenters. The molecule has 0 aliphatic rings. The van der Waals surface area contributed by atoms with Crippen LogP contribution in [0.3, 0.4) is 0 Å². The Labute approximate surface area is 108 Å². The molecule has 0 aliphatic carbocycles. The van der Waals surface area contributed by atoms with Crippen LogP contribution in [0.1, 0.15) is 54.9 Å². The van der Waals surface area contributed by atoms with Crippen LogP contribution in [-0.4, -0.2) is 31.1 Å². The molecule has 0 aromatic heterocycles. The first-order chi connectivity index (χ1) is 7.23. The lowest BCUT2D eigenvalue weighted by Gasteiger charge is -2.36. The molecule has 0 amide bonds. The van der Waals surface area contributed by atoms with E-state index < -0.39 is 10.0 Å². The molecule has 17 heavy (non-hydrogen) atoms. The van der Waals surface area contributed by atoms with Gasteiger partial charge in [0.15, 0.2) is 0 Å². The highest BCUT2D eigenvalue weighted by Crippen LogP contribution is 2.27. The van der Waals surface area contributed by atoms with E-state index in [-0.39, 0.29) is 11.0 Å². The van der Waals surface area contributed by atoms with Crippen molar-refractivity contribution in [2.45, 2.75) is 60.4 Å². The van der Waals surface area contributed by atoms with Crippen molar-refractivity contribution >= 4 is 10.0 Å². The van der Waals surface area contributed by atoms with Gasteiger partial charge in [-0.15, -0.1) is 0 Å². The van der Waals surface area contributed by atoms with Crippen molar-refractivity contribution in [3.05, 3.63) is 0 Å². The maximum atomic E-state index is 11.8. The summed E-state index contributed by atoms with van der Waals surface area (Å²) in [5, 5.41) is 0. The molecule has 0 saturated heterocycles. The van der Waals surface area contributed by atoms with Gasteiger partial charge in [-0.3, -0.25) is 0 Å². The summed E-state index contributed by atoms with van der Waals surface area (Å²) in [7, 11) is -3.14. The second-order valence-corrected chi connectivity index (χ2v) is 9.24. The standard InChI is InChI=1S/C13H29NO2S/c1-11(9-12(2,3)4)10-14(13(5,6)7)17(8,15)16/h11H,9-10H2,1-8H3. The topological polar surface area (TPSA) is 37.4 Å². The van der Waals surface area contributed by atoms with Crippen molar-refractivity contribution in [1.82, 2.24) is 4.31 Å². The van der Waals surface area contributed by atoms with E-state index in [0.717, 1.165) is 6.42 Å². The Hall–Kier alpha value is -0.0900. The second-order valence-electron chi connectivity index (χ2n) is 7.33. The quantitative estimate of drug-likeness (QED) is 0.781. The van der Waals surface area contributed by atoms with Gasteiger partial charge < -0.3 is 0 Å². The highest BCUT2D eigenvalue weighted by Gasteiger charge is 2.31. The Morgan fingerprint density at radius 3 is 1.71 bits per heavy atom. The first kappa shape index (κ1) is 16.9. The minimum Gasteiger partial charge on any atom is -0.212 e. The number of hydrogen-bond donors (Lipinski definition) is 0. The van der Waals surface area contributed by atoms with Crippen LogP contribution in [0.5, 0.6) is 0 Å². The van der Waals surface area contributed by atoms with Gasteiger partial charge in [-0.25, -0.2) is 8.42 Å². The van der Waals surface area contributed by atoms with Gasteiger partial charge in [-0.2, -0.15) is 4.31 Å². The number of rotatable bonds is 4. The van der Waals surface area contributed by atoms with Gasteiger partial charge in [0.2, 0.25) is 10.0 Å². The van der Waals surface area contributed by atoms with Gasteiger partial charge in [0.1, 0.15) is 0 Å². The van der Waals surface area contributed by atoms with Crippen molar-refractivity contribution in [3.8, 4) is 0 Å². The van der Waals surface area contributed by atoms with Crippen molar-refractivity contribution in [1.29, 1.82) is 0 Å². The summed E-state index contributed by atoms with van der Waals surface area (Å²) >= 11 is 0. The van der Waals surface area contributed by atoms with Gasteiger partial charge in [0.05, 0.1) is 6.26 Å². The molecule has 0 aliphatic heterocycles. The summed E-state index contributed by atoms with van der Waals surface area (Å²) in [5.74, 6) is 0.365. The molecule has 0 fully saturated rings. The molecule has 3 nitrogen and oxygen atoms in total. The van der Waals surface area contributed by atoms with Gasteiger partial charge in [-0.05, 0) is 38.5 Å². The third kappa shape index (κ3) is 7.04. The van der Waals surface area contributed by atoms with E-state index in [1.54, 1.807) is 4.31 Å². The summed E-state index contributed by atoms with van der Waals surface area (Å²) < 4.78 is 25.2. The van der Waals surface area contributed by atoms with E-state index in [1.165, 1.54) is 6.26 Å². The first-order valence-electron chi connectivity index (χ1n) is 6.21. The lowest BCUT2D eigenvalue weighted by molar-refractivity contribution is 0.195. The largest absolute Gasteiger partial charge is 0.212 e. The van der Waals surface area contributed by atoms with E-state index in [1.807, 2.05) is 20.8 Å². The number of hydrogen-bond acceptors (Lipinski definition) is 2. The summed E-state index contributed by atoms with van der Waals surface area (Å²) in [6, 6.07) is 0. The van der Waals surface area contributed by atoms with E-state index in [2.05, 4.69) is 27.7 Å². The average Bonchev–Trinajstić information content (AvgIpc) is 1.91. The minimum atomic E-state index is -3.14. The normalized spacial score (nSPS) is 16.3. The van der Waals surface area contributed by atoms with Crippen LogP contribution in [0.15, 0.2) is 0 Å². The summed E-state index contributed by atoms with van der Waals surface area (Å²) in [6.07, 6.45) is 2.32. The molecule has 0 aromatic carbocycles. The van der Waals surface area contributed by atoms with Gasteiger partial charge >= 0.3 is 0 Å². The fraction of sp³-hybridized carbons (Fsp3) is 1.00. The van der Waals surface area contributed by atoms with Crippen molar-refractivity contribution in [2.24, 2.45) is 11.3 Å². The van der Waals surface area contributed by atoms with Crippen LogP contribution in [0.4, 0.5) is 0 Å². The first-order valence-corrected chi connectivity index (χ1v) is 8.06. The maximum absolute atomic E-state index is 11.8. The Bertz CT molecular complexity index is 333. The molecule has 1 atom stereocenters. The molecule has 104 valence electrons. The zero-order valence-corrected chi connectivity index (χ0v) is 13.5. The second kappa shape index (κ2) is 5.27. The highest BCUT2D eigenvalue weighted by molar-refractivity contribution is 7.88. The Morgan fingerprint density at radius 1 is 1.06 bits per heavy atom. The van der Waals surface area contributed by atoms with Crippen molar-refractivity contribution in [2.75, 3.05) is 12.8 Å². The molecule has 0 N–H and O–H groups in total. The SMILES string of the molecule is CC(CN(C(C)(C)C)S(C)(=O)=O)CC(C)(C)C. The summed E-state index contributed by atoms with van der Waals surface area (Å²) in [6.45, 7) is 15.1. The fourth-order valence-electron chi connectivity index (χ4n) is 2.30. The monoisotopic (exact) mass is 263 g/mol. The van der Waals surface area contributed by atoms with Crippen LogP contribution in [0.25, 0.3) is 0 Å². The minimum absolute atomic E-state index is 0.237. The zero-order valence-electron chi connectivity index (χ0n) is 12.7. The van der Waals surface area contributed by atoms with E-state index in [9.17, 15) is 8.42 Å². The number of sulfonamides is 1. The Kier molecular flexibility index (Phi) is 5.24. The summed E-state index contributed by atoms with van der Waals surface area (Å²) in [5.41, 5.74) is -0.111. The van der Waals surface area contributed by atoms with Crippen molar-refractivity contribution in [3.63, 3.8) is 0 Å². The summed E-state index contributed by atoms with van der Waals surface area (Å²) in [4.78, 5) is 0. The third-order valence-corrected chi connectivity index (χ3v) is 4.08. The van der Waals surface area contributed by atoms with Crippen LogP contribution in [0.2, 0.25) is 0 Å². The van der Waals surface area contributed by atoms with E-state index >= 15 is 0 Å². The van der Waals surface area contributed by atoms with E-state index in [0.29, 0.717) is 12.5 Å². The van der Waals surface area contributed by atoms with Crippen LogP contribution in [0, 0.1) is 11.3 Å². The molecular formula is C13H29NO2S. The molecule has 0 rings (SSSR count). The van der Waals surface area contributed by atoms with Crippen LogP contribution < -0.4 is 0 Å². The predicted octanol–water partition coefficient (Wildman–Crippen LogP) is 3.12. The van der Waals surface area contributed by atoms with Crippen LogP contribution >= 0.6 is 0 Å². The van der Waals surface area contributed by atoms with Gasteiger partial charge in [-0.1, -0.05) is 27.7 Å². The molecular weight excluding hydrogens is 234 g/mol. The molecule has 0 heterocycles. The van der Waals surface area contributed by atoms with E-state index in [4.69, 9.17) is 0 Å². The molecule has 0 spiro atoms. The van der Waals surface area contributed by atoms with Crippen LogP contribution in [-0.2, 0) is 10.0 Å². The predicted molar refractivity (Wildman–Crippen MR) is 74.5 cm³/mol. The fourth-order valence-corrected chi connectivity index (χ4v) is 3.82.